The number of nitrogens with one attached hydrogen (secondary N) is 2. The fraction of sp³-hybridized carbons (Fsp3) is 0.417. The highest BCUT2D eigenvalue weighted by molar-refractivity contribution is 5.94. The van der Waals surface area contributed by atoms with E-state index in [1.165, 1.54) is 0 Å². The standard InChI is InChI=1S/C12H18N4O3/c1-8(2)19-11-9(4-3-5-15-11)6-14-7-10(17)16-12(13)18/h3-5,8,14H,6-7H2,1-2H3,(H3,13,16,17,18). The summed E-state index contributed by atoms with van der Waals surface area (Å²) in [4.78, 5) is 25.8. The van der Waals surface area contributed by atoms with Gasteiger partial charge >= 0.3 is 6.03 Å². The van der Waals surface area contributed by atoms with Crippen LogP contribution in [-0.2, 0) is 11.3 Å². The van der Waals surface area contributed by atoms with Crippen LogP contribution in [0.3, 0.4) is 0 Å². The summed E-state index contributed by atoms with van der Waals surface area (Å²) in [7, 11) is 0. The molecule has 0 spiro atoms. The second kappa shape index (κ2) is 7.32. The van der Waals surface area contributed by atoms with Crippen molar-refractivity contribution in [2.45, 2.75) is 26.5 Å². The molecule has 1 heterocycles. The van der Waals surface area contributed by atoms with E-state index in [-0.39, 0.29) is 12.6 Å². The predicted octanol–water partition coefficient (Wildman–Crippen LogP) is 0.153. The maximum Gasteiger partial charge on any atom is 0.318 e. The van der Waals surface area contributed by atoms with Gasteiger partial charge in [0.15, 0.2) is 0 Å². The lowest BCUT2D eigenvalue weighted by atomic mass is 10.2. The summed E-state index contributed by atoms with van der Waals surface area (Å²) in [5, 5.41) is 4.85. The SMILES string of the molecule is CC(C)Oc1ncccc1CNCC(=O)NC(N)=O. The van der Waals surface area contributed by atoms with Crippen molar-refractivity contribution >= 4 is 11.9 Å². The van der Waals surface area contributed by atoms with Gasteiger partial charge in [-0.25, -0.2) is 9.78 Å². The van der Waals surface area contributed by atoms with E-state index in [1.54, 1.807) is 12.3 Å². The summed E-state index contributed by atoms with van der Waals surface area (Å²) in [5.41, 5.74) is 5.66. The third-order valence-corrected chi connectivity index (χ3v) is 2.06. The van der Waals surface area contributed by atoms with Gasteiger partial charge in [-0.15, -0.1) is 0 Å². The lowest BCUT2D eigenvalue weighted by Crippen LogP contribution is -2.40. The average molecular weight is 266 g/mol. The molecule has 0 saturated carbocycles. The molecule has 0 aliphatic carbocycles. The first-order valence-electron chi connectivity index (χ1n) is 5.89. The number of hydrogen-bond donors (Lipinski definition) is 3. The van der Waals surface area contributed by atoms with Gasteiger partial charge in [-0.2, -0.15) is 0 Å². The molecular formula is C12H18N4O3. The minimum atomic E-state index is -0.864. The number of urea groups is 1. The van der Waals surface area contributed by atoms with Crippen LogP contribution in [0.4, 0.5) is 4.79 Å². The molecule has 0 atom stereocenters. The van der Waals surface area contributed by atoms with Gasteiger partial charge < -0.3 is 15.8 Å². The van der Waals surface area contributed by atoms with Crippen LogP contribution in [0.1, 0.15) is 19.4 Å². The van der Waals surface area contributed by atoms with Crippen molar-refractivity contribution in [2.24, 2.45) is 5.73 Å². The molecule has 3 amide bonds. The number of amides is 3. The predicted molar refractivity (Wildman–Crippen MR) is 69.4 cm³/mol. The van der Waals surface area contributed by atoms with Crippen LogP contribution in [0.25, 0.3) is 0 Å². The first-order valence-corrected chi connectivity index (χ1v) is 5.89. The van der Waals surface area contributed by atoms with Crippen molar-refractivity contribution in [3.05, 3.63) is 23.9 Å². The fourth-order valence-corrected chi connectivity index (χ4v) is 1.38. The first-order chi connectivity index (χ1) is 8.99. The van der Waals surface area contributed by atoms with Crippen molar-refractivity contribution < 1.29 is 14.3 Å². The maximum atomic E-state index is 11.2. The maximum absolute atomic E-state index is 11.2. The number of pyridine rings is 1. The smallest absolute Gasteiger partial charge is 0.318 e. The van der Waals surface area contributed by atoms with Gasteiger partial charge in [-0.1, -0.05) is 6.07 Å². The lowest BCUT2D eigenvalue weighted by molar-refractivity contribution is -0.119. The molecule has 0 fully saturated rings. The Morgan fingerprint density at radius 1 is 1.47 bits per heavy atom. The largest absolute Gasteiger partial charge is 0.475 e. The van der Waals surface area contributed by atoms with Crippen LogP contribution in [0.5, 0.6) is 5.88 Å². The van der Waals surface area contributed by atoms with Crippen LogP contribution in [0, 0.1) is 0 Å². The summed E-state index contributed by atoms with van der Waals surface area (Å²) in [6.45, 7) is 4.21. The number of hydrogen-bond acceptors (Lipinski definition) is 5. The highest BCUT2D eigenvalue weighted by Gasteiger charge is 2.08. The van der Waals surface area contributed by atoms with Gasteiger partial charge in [-0.05, 0) is 19.9 Å². The Kier molecular flexibility index (Phi) is 5.74. The molecule has 0 bridgehead atoms. The van der Waals surface area contributed by atoms with E-state index in [9.17, 15) is 9.59 Å². The van der Waals surface area contributed by atoms with Crippen LogP contribution >= 0.6 is 0 Å². The molecule has 19 heavy (non-hydrogen) atoms. The van der Waals surface area contributed by atoms with Crippen molar-refractivity contribution in [3.8, 4) is 5.88 Å². The van der Waals surface area contributed by atoms with Gasteiger partial charge in [0, 0.05) is 18.3 Å². The summed E-state index contributed by atoms with van der Waals surface area (Å²) >= 11 is 0. The lowest BCUT2D eigenvalue weighted by Gasteiger charge is -2.13. The number of ether oxygens (including phenoxy) is 1. The Morgan fingerprint density at radius 2 is 2.21 bits per heavy atom. The molecule has 0 unspecified atom stereocenters. The normalized spacial score (nSPS) is 10.3. The van der Waals surface area contributed by atoms with E-state index in [1.807, 2.05) is 25.2 Å². The third-order valence-electron chi connectivity index (χ3n) is 2.06. The number of nitrogens with two attached hydrogens (primary N) is 1. The molecule has 0 aliphatic rings. The molecule has 0 radical (unpaired) electrons. The monoisotopic (exact) mass is 266 g/mol. The van der Waals surface area contributed by atoms with E-state index >= 15 is 0 Å². The summed E-state index contributed by atoms with van der Waals surface area (Å²) in [5.74, 6) is 0.0445. The minimum Gasteiger partial charge on any atom is -0.475 e. The Balaban J connectivity index is 2.49. The first kappa shape index (κ1) is 14.9. The van der Waals surface area contributed by atoms with Crippen molar-refractivity contribution in [2.75, 3.05) is 6.54 Å². The topological polar surface area (TPSA) is 106 Å². The number of aromatic nitrogens is 1. The van der Waals surface area contributed by atoms with E-state index in [2.05, 4.69) is 10.3 Å². The van der Waals surface area contributed by atoms with Crippen molar-refractivity contribution in [1.29, 1.82) is 0 Å². The van der Waals surface area contributed by atoms with Crippen LogP contribution in [0.2, 0.25) is 0 Å². The molecule has 4 N–H and O–H groups in total. The minimum absolute atomic E-state index is 0.0149. The molecular weight excluding hydrogens is 248 g/mol. The van der Waals surface area contributed by atoms with Crippen LogP contribution < -0.4 is 21.1 Å². The molecule has 1 aromatic heterocycles. The highest BCUT2D eigenvalue weighted by Crippen LogP contribution is 2.15. The Morgan fingerprint density at radius 3 is 2.84 bits per heavy atom. The van der Waals surface area contributed by atoms with E-state index in [4.69, 9.17) is 10.5 Å². The van der Waals surface area contributed by atoms with Gasteiger partial charge in [0.1, 0.15) is 0 Å². The zero-order chi connectivity index (χ0) is 14.3. The van der Waals surface area contributed by atoms with Crippen molar-refractivity contribution in [3.63, 3.8) is 0 Å². The zero-order valence-corrected chi connectivity index (χ0v) is 11.0. The van der Waals surface area contributed by atoms with Crippen LogP contribution in [-0.4, -0.2) is 29.6 Å². The zero-order valence-electron chi connectivity index (χ0n) is 11.0. The summed E-state index contributed by atoms with van der Waals surface area (Å²) < 4.78 is 5.54. The van der Waals surface area contributed by atoms with Crippen LogP contribution in [0.15, 0.2) is 18.3 Å². The average Bonchev–Trinajstić information content (AvgIpc) is 2.29. The number of nitrogens with zero attached hydrogens (tertiary/aromatic N) is 1. The van der Waals surface area contributed by atoms with Gasteiger partial charge in [0.05, 0.1) is 12.6 Å². The number of imide groups is 1. The summed E-state index contributed by atoms with van der Waals surface area (Å²) in [6, 6.07) is 2.77. The number of rotatable bonds is 6. The highest BCUT2D eigenvalue weighted by atomic mass is 16.5. The molecule has 0 saturated heterocycles. The summed E-state index contributed by atoms with van der Waals surface area (Å²) in [6.07, 6.45) is 1.66. The molecule has 1 aromatic rings. The molecule has 7 nitrogen and oxygen atoms in total. The van der Waals surface area contributed by atoms with E-state index < -0.39 is 11.9 Å². The number of carbonyl (C=O) groups excluding carboxylic acids is 2. The Hall–Kier alpha value is -2.15. The Labute approximate surface area is 111 Å². The Bertz CT molecular complexity index is 448. The number of carbonyl (C=O) groups is 2. The quantitative estimate of drug-likeness (QED) is 0.679. The van der Waals surface area contributed by atoms with Gasteiger partial charge in [0.2, 0.25) is 11.8 Å². The molecule has 104 valence electrons. The molecule has 0 aliphatic heterocycles. The molecule has 7 heteroatoms. The van der Waals surface area contributed by atoms with Gasteiger partial charge in [-0.3, -0.25) is 10.1 Å². The van der Waals surface area contributed by atoms with Crippen molar-refractivity contribution in [1.82, 2.24) is 15.6 Å². The fourth-order valence-electron chi connectivity index (χ4n) is 1.38. The second-order valence-corrected chi connectivity index (χ2v) is 4.15. The second-order valence-electron chi connectivity index (χ2n) is 4.15. The molecule has 0 aromatic carbocycles. The van der Waals surface area contributed by atoms with Gasteiger partial charge in [0.25, 0.3) is 0 Å². The van der Waals surface area contributed by atoms with E-state index in [0.29, 0.717) is 12.4 Å². The molecule has 1 rings (SSSR count). The van der Waals surface area contributed by atoms with E-state index in [0.717, 1.165) is 5.56 Å². The number of primary amides is 1. The third kappa shape index (κ3) is 5.82.